The summed E-state index contributed by atoms with van der Waals surface area (Å²) in [7, 11) is 0. The molecule has 17 heteroatoms. The van der Waals surface area contributed by atoms with Crippen LogP contribution in [0.2, 0.25) is 0 Å². The van der Waals surface area contributed by atoms with Crippen LogP contribution in [0.3, 0.4) is 0 Å². The van der Waals surface area contributed by atoms with Crippen LogP contribution < -0.4 is 26.2 Å². The third-order valence-corrected chi connectivity index (χ3v) is 16.4. The fourth-order valence-corrected chi connectivity index (χ4v) is 12.1. The van der Waals surface area contributed by atoms with Crippen molar-refractivity contribution >= 4 is 46.5 Å². The molecule has 73 heavy (non-hydrogen) atoms. The number of anilines is 3. The standard InChI is InChI=1S/C56H65N11O5S/c1-33-49(73-32-61-33)38-17-13-36(14-18-38)26-58-53(71)47-24-43(68)31-66(47)54(72)50(56(2,3)4)62-52(70)39-19-11-35(12-20-39)23-34-9-15-37(16-10-34)40-27-59-55(60-28-40)67-41-21-22-42(67)30-65(29-41)46-25-45(63-64-51(46)57)44-7-5-6-8-48(44)69/h5-10,13-18,25,27-28,32,35,39,41-43,47,50,68-69H,11-12,19-24,26,29-31H2,1-4H3,(H2,57,64)(H,58,71)(H,62,70)/t35?,39?,41?,42?,43-,47+,50-/m1/s1. The predicted octanol–water partition coefficient (Wildman–Crippen LogP) is 7.34. The SMILES string of the molecule is Cc1ncsc1-c1ccc(CNC(=O)[C@@H]2C[C@@H](O)CN2C(=O)[C@@H](NC(=O)C2CCC(Cc3ccc(-c4cnc(N5C6CCC5CN(c5cc(-c7ccccc7O)nnc5N)C6)nc4)cc3)CC2)C(C)(C)C)cc1. The summed E-state index contributed by atoms with van der Waals surface area (Å²) in [6.45, 7) is 9.54. The molecule has 3 saturated heterocycles. The number of aliphatic hydroxyl groups is 1. The number of likely N-dealkylation sites (tertiary alicyclic amines) is 1. The van der Waals surface area contributed by atoms with Gasteiger partial charge in [0.15, 0.2) is 5.82 Å². The number of nitrogens with zero attached hydrogens (tertiary/aromatic N) is 8. The third-order valence-electron chi connectivity index (χ3n) is 15.4. The molecule has 0 radical (unpaired) electrons. The average Bonchev–Trinajstić information content (AvgIpc) is 4.08. The summed E-state index contributed by atoms with van der Waals surface area (Å²) in [5, 5.41) is 35.8. The number of para-hydroxylation sites is 1. The average molecular weight is 1000 g/mol. The molecule has 1 saturated carbocycles. The molecule has 3 amide bonds. The molecule has 4 fully saturated rings. The zero-order chi connectivity index (χ0) is 51.0. The molecule has 3 aromatic carbocycles. The highest BCUT2D eigenvalue weighted by atomic mass is 32.1. The summed E-state index contributed by atoms with van der Waals surface area (Å²) in [4.78, 5) is 63.1. The second kappa shape index (κ2) is 20.9. The predicted molar refractivity (Wildman–Crippen MR) is 283 cm³/mol. The van der Waals surface area contributed by atoms with E-state index in [-0.39, 0.29) is 61.0 Å². The molecule has 3 aromatic heterocycles. The number of rotatable bonds is 13. The van der Waals surface area contributed by atoms with Crippen molar-refractivity contribution in [1.29, 1.82) is 0 Å². The van der Waals surface area contributed by atoms with Crippen molar-refractivity contribution in [3.8, 4) is 38.6 Å². The molecule has 6 heterocycles. The van der Waals surface area contributed by atoms with E-state index >= 15 is 0 Å². The lowest BCUT2D eigenvalue weighted by Gasteiger charge is -2.42. The molecule has 1 aliphatic carbocycles. The number of benzene rings is 3. The van der Waals surface area contributed by atoms with E-state index in [4.69, 9.17) is 15.7 Å². The second-order valence-corrected chi connectivity index (χ2v) is 22.3. The molecule has 6 N–H and O–H groups in total. The van der Waals surface area contributed by atoms with Crippen LogP contribution in [0.4, 0.5) is 17.5 Å². The molecule has 3 aliphatic heterocycles. The van der Waals surface area contributed by atoms with Crippen LogP contribution in [0.5, 0.6) is 5.75 Å². The number of amides is 3. The summed E-state index contributed by atoms with van der Waals surface area (Å²) >= 11 is 1.59. The maximum absolute atomic E-state index is 14.3. The van der Waals surface area contributed by atoms with E-state index in [1.54, 1.807) is 23.5 Å². The lowest BCUT2D eigenvalue weighted by molar-refractivity contribution is -0.144. The zero-order valence-corrected chi connectivity index (χ0v) is 42.8. The van der Waals surface area contributed by atoms with Gasteiger partial charge in [-0.2, -0.15) is 0 Å². The molecule has 16 nitrogen and oxygen atoms in total. The van der Waals surface area contributed by atoms with Gasteiger partial charge in [-0.15, -0.1) is 21.5 Å². The molecular formula is C56H65N11O5S. The molecule has 6 aromatic rings. The minimum atomic E-state index is -0.865. The number of hydrogen-bond donors (Lipinski definition) is 5. The molecule has 4 aliphatic rings. The van der Waals surface area contributed by atoms with Gasteiger partial charge >= 0.3 is 0 Å². The number of β-amino-alcohol motifs (C(OH)–C–C–N with tert-alkyl or cyclic N) is 1. The minimum absolute atomic E-state index is 0.0308. The summed E-state index contributed by atoms with van der Waals surface area (Å²) < 4.78 is 0. The topological polar surface area (TPSA) is 216 Å². The van der Waals surface area contributed by atoms with Gasteiger partial charge in [0, 0.05) is 74.1 Å². The highest BCUT2D eigenvalue weighted by Crippen LogP contribution is 2.39. The number of carbonyl (C=O) groups is 3. The summed E-state index contributed by atoms with van der Waals surface area (Å²) in [5.41, 5.74) is 15.8. The lowest BCUT2D eigenvalue weighted by Crippen LogP contribution is -2.58. The van der Waals surface area contributed by atoms with Crippen molar-refractivity contribution in [2.75, 3.05) is 35.2 Å². The first-order valence-corrected chi connectivity index (χ1v) is 26.5. The van der Waals surface area contributed by atoms with Gasteiger partial charge in [-0.1, -0.05) is 81.4 Å². The summed E-state index contributed by atoms with van der Waals surface area (Å²) in [5.74, 6) is 0.649. The Morgan fingerprint density at radius 2 is 1.48 bits per heavy atom. The first kappa shape index (κ1) is 49.6. The number of phenolic OH excluding ortho intramolecular Hbond substituents is 1. The summed E-state index contributed by atoms with van der Waals surface area (Å²) in [6.07, 6.45) is 9.34. The number of nitrogens with one attached hydrogen (secondary N) is 2. The Morgan fingerprint density at radius 1 is 0.808 bits per heavy atom. The number of aryl methyl sites for hydroxylation is 1. The second-order valence-electron chi connectivity index (χ2n) is 21.5. The van der Waals surface area contributed by atoms with Gasteiger partial charge in [-0.25, -0.2) is 15.0 Å². The van der Waals surface area contributed by atoms with Gasteiger partial charge in [0.05, 0.1) is 33.6 Å². The van der Waals surface area contributed by atoms with E-state index in [2.05, 4.69) is 59.9 Å². The van der Waals surface area contributed by atoms with E-state index < -0.39 is 23.6 Å². The van der Waals surface area contributed by atoms with Crippen molar-refractivity contribution in [2.45, 2.75) is 116 Å². The molecule has 5 atom stereocenters. The van der Waals surface area contributed by atoms with Crippen LogP contribution in [0.1, 0.15) is 82.5 Å². The lowest BCUT2D eigenvalue weighted by atomic mass is 9.78. The Bertz CT molecular complexity index is 2920. The molecular weight excluding hydrogens is 939 g/mol. The number of hydrogen-bond acceptors (Lipinski definition) is 14. The Morgan fingerprint density at radius 3 is 2.14 bits per heavy atom. The first-order chi connectivity index (χ1) is 35.2. The van der Waals surface area contributed by atoms with E-state index in [0.29, 0.717) is 23.0 Å². The van der Waals surface area contributed by atoms with Gasteiger partial charge in [0.1, 0.15) is 17.8 Å². The number of fused-ring (bicyclic) bond motifs is 2. The Labute approximate surface area is 430 Å². The Hall–Kier alpha value is -6.98. The molecule has 10 rings (SSSR count). The number of phenols is 1. The van der Waals surface area contributed by atoms with Crippen molar-refractivity contribution in [3.63, 3.8) is 0 Å². The first-order valence-electron chi connectivity index (χ1n) is 25.6. The highest BCUT2D eigenvalue weighted by Gasteiger charge is 2.46. The van der Waals surface area contributed by atoms with Crippen LogP contribution in [0, 0.1) is 24.2 Å². The van der Waals surface area contributed by atoms with Crippen molar-refractivity contribution < 1.29 is 24.6 Å². The third kappa shape index (κ3) is 10.7. The van der Waals surface area contributed by atoms with Gasteiger partial charge in [-0.3, -0.25) is 14.4 Å². The van der Waals surface area contributed by atoms with Crippen LogP contribution in [0.15, 0.2) is 96.8 Å². The van der Waals surface area contributed by atoms with Gasteiger partial charge in [0.2, 0.25) is 23.7 Å². The van der Waals surface area contributed by atoms with Crippen LogP contribution in [-0.2, 0) is 27.3 Å². The number of thiazole rings is 1. The number of carbonyl (C=O) groups excluding carboxylic acids is 3. The van der Waals surface area contributed by atoms with Gasteiger partial charge in [-0.05, 0) is 104 Å². The minimum Gasteiger partial charge on any atom is -0.507 e. The highest BCUT2D eigenvalue weighted by molar-refractivity contribution is 7.13. The zero-order valence-electron chi connectivity index (χ0n) is 41.9. The fraction of sp³-hybridized carbons (Fsp3) is 0.429. The van der Waals surface area contributed by atoms with E-state index in [1.807, 2.05) is 88.1 Å². The smallest absolute Gasteiger partial charge is 0.246 e. The van der Waals surface area contributed by atoms with Gasteiger partial charge < -0.3 is 41.3 Å². The quantitative estimate of drug-likeness (QED) is 0.0767. The van der Waals surface area contributed by atoms with Crippen LogP contribution >= 0.6 is 11.3 Å². The fourth-order valence-electron chi connectivity index (χ4n) is 11.3. The number of piperazine rings is 1. The van der Waals surface area contributed by atoms with Crippen LogP contribution in [0.25, 0.3) is 32.8 Å². The maximum Gasteiger partial charge on any atom is 0.246 e. The van der Waals surface area contributed by atoms with Crippen molar-refractivity contribution in [1.82, 2.24) is 40.7 Å². The molecule has 2 bridgehead atoms. The van der Waals surface area contributed by atoms with E-state index in [0.717, 1.165) is 102 Å². The van der Waals surface area contributed by atoms with Crippen molar-refractivity contribution in [3.05, 3.63) is 114 Å². The number of aliphatic hydroxyl groups excluding tert-OH is 1. The number of nitrogen functional groups attached to an aromatic ring is 1. The van der Waals surface area contributed by atoms with Crippen LogP contribution in [-0.4, -0.2) is 108 Å². The number of aromatic hydroxyl groups is 1. The molecule has 2 unspecified atom stereocenters. The normalized spacial score (nSPS) is 22.3. The monoisotopic (exact) mass is 1000 g/mol. The Balaban J connectivity index is 0.698. The largest absolute Gasteiger partial charge is 0.507 e. The van der Waals surface area contributed by atoms with Gasteiger partial charge in [0.25, 0.3) is 0 Å². The number of nitrogens with two attached hydrogens (primary N) is 1. The molecule has 0 spiro atoms. The maximum atomic E-state index is 14.3. The van der Waals surface area contributed by atoms with Crippen molar-refractivity contribution in [2.24, 2.45) is 17.3 Å². The Kier molecular flexibility index (Phi) is 14.2. The number of aromatic nitrogens is 5. The van der Waals surface area contributed by atoms with E-state index in [9.17, 15) is 24.6 Å². The summed E-state index contributed by atoms with van der Waals surface area (Å²) in [6, 6.07) is 24.3. The molecule has 380 valence electrons. The van der Waals surface area contributed by atoms with E-state index in [1.165, 1.54) is 10.5 Å².